The molecule has 2 aromatic carbocycles. The normalized spacial score (nSPS) is 12.0. The average Bonchev–Trinajstić information content (AvgIpc) is 3.30. The number of H-pyrrole nitrogens is 2. The van der Waals surface area contributed by atoms with Gasteiger partial charge >= 0.3 is 0 Å². The maximum Gasteiger partial charge on any atom is 0.274 e. The number of benzene rings is 2. The summed E-state index contributed by atoms with van der Waals surface area (Å²) in [7, 11) is 0. The van der Waals surface area contributed by atoms with E-state index in [1.807, 2.05) is 6.92 Å². The summed E-state index contributed by atoms with van der Waals surface area (Å²) < 4.78 is 5.46. The van der Waals surface area contributed by atoms with Gasteiger partial charge in [0.25, 0.3) is 5.89 Å². The second kappa shape index (κ2) is 4.96. The standard InChI is InChI=1S/C20H18N4O/c1-4-15-22-20(25-24-15)17-11(3)16-10(2)9-13-12-7-5-6-8-14(12)21-18(13)19(16)23-17/h5-9,21,23H,4H2,1-3H3. The topological polar surface area (TPSA) is 70.5 Å². The van der Waals surface area contributed by atoms with Crippen LogP contribution in [0.15, 0.2) is 34.9 Å². The molecule has 2 N–H and O–H groups in total. The maximum atomic E-state index is 5.46. The van der Waals surface area contributed by atoms with Gasteiger partial charge in [0.1, 0.15) is 5.69 Å². The zero-order valence-electron chi connectivity index (χ0n) is 14.4. The van der Waals surface area contributed by atoms with Gasteiger partial charge in [0.15, 0.2) is 5.82 Å². The van der Waals surface area contributed by atoms with E-state index in [-0.39, 0.29) is 0 Å². The Labute approximate surface area is 144 Å². The Morgan fingerprint density at radius 2 is 1.88 bits per heavy atom. The number of nitrogens with one attached hydrogen (secondary N) is 2. The number of hydrogen-bond donors (Lipinski definition) is 2. The van der Waals surface area contributed by atoms with Gasteiger partial charge in [-0.2, -0.15) is 4.98 Å². The van der Waals surface area contributed by atoms with Crippen LogP contribution in [-0.2, 0) is 6.42 Å². The van der Waals surface area contributed by atoms with Crippen LogP contribution in [0, 0.1) is 13.8 Å². The Kier molecular flexibility index (Phi) is 2.83. The molecule has 0 aliphatic rings. The first-order valence-electron chi connectivity index (χ1n) is 8.52. The molecular formula is C20H18N4O. The van der Waals surface area contributed by atoms with E-state index in [0.29, 0.717) is 5.89 Å². The average molecular weight is 330 g/mol. The molecular weight excluding hydrogens is 312 g/mol. The Bertz CT molecular complexity index is 1260. The van der Waals surface area contributed by atoms with E-state index in [0.717, 1.165) is 40.1 Å². The van der Waals surface area contributed by atoms with Crippen molar-refractivity contribution >= 4 is 32.7 Å². The first-order chi connectivity index (χ1) is 12.2. The molecule has 124 valence electrons. The van der Waals surface area contributed by atoms with Crippen LogP contribution in [0.3, 0.4) is 0 Å². The van der Waals surface area contributed by atoms with Gasteiger partial charge in [-0.1, -0.05) is 30.3 Å². The highest BCUT2D eigenvalue weighted by atomic mass is 16.5. The van der Waals surface area contributed by atoms with Crippen molar-refractivity contribution in [3.05, 3.63) is 47.3 Å². The number of nitrogens with zero attached hydrogens (tertiary/aromatic N) is 2. The van der Waals surface area contributed by atoms with Crippen LogP contribution >= 0.6 is 0 Å². The van der Waals surface area contributed by atoms with E-state index in [2.05, 4.69) is 64.3 Å². The first-order valence-corrected chi connectivity index (χ1v) is 8.52. The molecule has 0 atom stereocenters. The van der Waals surface area contributed by atoms with E-state index >= 15 is 0 Å². The highest BCUT2D eigenvalue weighted by molar-refractivity contribution is 6.18. The lowest BCUT2D eigenvalue weighted by Crippen LogP contribution is -1.84. The van der Waals surface area contributed by atoms with Crippen molar-refractivity contribution in [1.82, 2.24) is 20.1 Å². The monoisotopic (exact) mass is 330 g/mol. The zero-order valence-corrected chi connectivity index (χ0v) is 14.4. The van der Waals surface area contributed by atoms with Crippen molar-refractivity contribution in [2.24, 2.45) is 0 Å². The van der Waals surface area contributed by atoms with Crippen LogP contribution in [0.4, 0.5) is 0 Å². The van der Waals surface area contributed by atoms with Gasteiger partial charge in [-0.25, -0.2) is 0 Å². The molecule has 0 aliphatic heterocycles. The highest BCUT2D eigenvalue weighted by Crippen LogP contribution is 2.37. The molecule has 5 aromatic rings. The van der Waals surface area contributed by atoms with Crippen molar-refractivity contribution in [3.63, 3.8) is 0 Å². The molecule has 5 heteroatoms. The predicted octanol–water partition coefficient (Wildman–Crippen LogP) is 5.03. The van der Waals surface area contributed by atoms with Gasteiger partial charge in [0.2, 0.25) is 0 Å². The van der Waals surface area contributed by atoms with Crippen molar-refractivity contribution in [3.8, 4) is 11.6 Å². The molecule has 3 aromatic heterocycles. The van der Waals surface area contributed by atoms with Crippen molar-refractivity contribution < 1.29 is 4.52 Å². The van der Waals surface area contributed by atoms with E-state index in [1.165, 1.54) is 21.7 Å². The molecule has 0 fully saturated rings. The number of aromatic nitrogens is 4. The van der Waals surface area contributed by atoms with Gasteiger partial charge in [-0.15, -0.1) is 0 Å². The largest absolute Gasteiger partial charge is 0.353 e. The fourth-order valence-corrected chi connectivity index (χ4v) is 3.79. The Balaban J connectivity index is 1.89. The molecule has 25 heavy (non-hydrogen) atoms. The molecule has 0 aliphatic carbocycles. The van der Waals surface area contributed by atoms with Crippen LogP contribution in [-0.4, -0.2) is 20.1 Å². The number of aryl methyl sites for hydroxylation is 3. The van der Waals surface area contributed by atoms with E-state index in [4.69, 9.17) is 4.52 Å². The second-order valence-corrected chi connectivity index (χ2v) is 6.53. The quantitative estimate of drug-likeness (QED) is 0.477. The summed E-state index contributed by atoms with van der Waals surface area (Å²) in [6, 6.07) is 10.6. The zero-order chi connectivity index (χ0) is 17.1. The summed E-state index contributed by atoms with van der Waals surface area (Å²) in [5, 5.41) is 7.71. The molecule has 0 saturated carbocycles. The lowest BCUT2D eigenvalue weighted by atomic mass is 10.0. The molecule has 0 radical (unpaired) electrons. The smallest absolute Gasteiger partial charge is 0.274 e. The predicted molar refractivity (Wildman–Crippen MR) is 99.8 cm³/mol. The summed E-state index contributed by atoms with van der Waals surface area (Å²) in [4.78, 5) is 11.6. The lowest BCUT2D eigenvalue weighted by molar-refractivity contribution is 0.422. The Hall–Kier alpha value is -3.08. The number of hydrogen-bond acceptors (Lipinski definition) is 3. The fourth-order valence-electron chi connectivity index (χ4n) is 3.79. The van der Waals surface area contributed by atoms with E-state index < -0.39 is 0 Å². The minimum absolute atomic E-state index is 0.550. The van der Waals surface area contributed by atoms with Crippen molar-refractivity contribution in [2.75, 3.05) is 0 Å². The van der Waals surface area contributed by atoms with Crippen LogP contribution in [0.25, 0.3) is 44.3 Å². The van der Waals surface area contributed by atoms with Crippen LogP contribution in [0.1, 0.15) is 23.9 Å². The van der Waals surface area contributed by atoms with Gasteiger partial charge in [0, 0.05) is 28.1 Å². The molecule has 0 bridgehead atoms. The van der Waals surface area contributed by atoms with Crippen molar-refractivity contribution in [1.29, 1.82) is 0 Å². The van der Waals surface area contributed by atoms with Gasteiger partial charge in [-0.3, -0.25) is 0 Å². The molecule has 0 amide bonds. The van der Waals surface area contributed by atoms with E-state index in [9.17, 15) is 0 Å². The fraction of sp³-hybridized carbons (Fsp3) is 0.200. The van der Waals surface area contributed by atoms with Gasteiger partial charge in [0.05, 0.1) is 11.0 Å². The Morgan fingerprint density at radius 1 is 1.04 bits per heavy atom. The second-order valence-electron chi connectivity index (χ2n) is 6.53. The third-order valence-corrected chi connectivity index (χ3v) is 5.00. The van der Waals surface area contributed by atoms with E-state index in [1.54, 1.807) is 0 Å². The van der Waals surface area contributed by atoms with Gasteiger partial charge in [-0.05, 0) is 37.1 Å². The number of aromatic amines is 2. The van der Waals surface area contributed by atoms with Crippen molar-refractivity contribution in [2.45, 2.75) is 27.2 Å². The Morgan fingerprint density at radius 3 is 2.68 bits per heavy atom. The summed E-state index contributed by atoms with van der Waals surface area (Å²) in [6.45, 7) is 6.27. The summed E-state index contributed by atoms with van der Waals surface area (Å²) in [6.07, 6.45) is 0.758. The molecule has 3 heterocycles. The minimum atomic E-state index is 0.550. The lowest BCUT2D eigenvalue weighted by Gasteiger charge is -2.00. The number of para-hydroxylation sites is 1. The van der Waals surface area contributed by atoms with Crippen LogP contribution < -0.4 is 0 Å². The molecule has 5 rings (SSSR count). The number of rotatable bonds is 2. The summed E-state index contributed by atoms with van der Waals surface area (Å²) in [5.41, 5.74) is 6.63. The number of fused-ring (bicyclic) bond motifs is 5. The molecule has 0 saturated heterocycles. The summed E-state index contributed by atoms with van der Waals surface area (Å²) in [5.74, 6) is 1.27. The SMILES string of the molecule is CCc1noc(-c2[nH]c3c(c(C)cc4c5ccccc5[nH]c43)c2C)n1. The van der Waals surface area contributed by atoms with Gasteiger partial charge < -0.3 is 14.5 Å². The third kappa shape index (κ3) is 1.89. The minimum Gasteiger partial charge on any atom is -0.353 e. The van der Waals surface area contributed by atoms with Crippen LogP contribution in [0.2, 0.25) is 0 Å². The highest BCUT2D eigenvalue weighted by Gasteiger charge is 2.19. The molecule has 5 nitrogen and oxygen atoms in total. The van der Waals surface area contributed by atoms with Crippen LogP contribution in [0.5, 0.6) is 0 Å². The maximum absolute atomic E-state index is 5.46. The third-order valence-electron chi connectivity index (χ3n) is 5.00. The molecule has 0 spiro atoms. The molecule has 0 unspecified atom stereocenters. The first kappa shape index (κ1) is 14.3. The summed E-state index contributed by atoms with van der Waals surface area (Å²) >= 11 is 0.